The van der Waals surface area contributed by atoms with Gasteiger partial charge in [-0.3, -0.25) is 0 Å². The van der Waals surface area contributed by atoms with Gasteiger partial charge in [0.05, 0.1) is 13.2 Å². The van der Waals surface area contributed by atoms with Crippen molar-refractivity contribution in [3.05, 3.63) is 29.8 Å². The zero-order valence-corrected chi connectivity index (χ0v) is 15.2. The fourth-order valence-electron chi connectivity index (χ4n) is 4.15. The summed E-state index contributed by atoms with van der Waals surface area (Å²) in [6.45, 7) is 8.31. The molecule has 1 aromatic rings. The molecule has 2 saturated heterocycles. The van der Waals surface area contributed by atoms with E-state index in [1.54, 1.807) is 7.11 Å². The minimum Gasteiger partial charge on any atom is -0.496 e. The second-order valence-corrected chi connectivity index (χ2v) is 7.62. The maximum absolute atomic E-state index is 10.5. The van der Waals surface area contributed by atoms with Gasteiger partial charge in [0.25, 0.3) is 0 Å². The highest BCUT2D eigenvalue weighted by atomic mass is 16.5. The third kappa shape index (κ3) is 4.50. The van der Waals surface area contributed by atoms with Gasteiger partial charge in [-0.25, -0.2) is 0 Å². The predicted octanol–water partition coefficient (Wildman–Crippen LogP) is 2.58. The third-order valence-corrected chi connectivity index (χ3v) is 5.67. The Hall–Kier alpha value is -1.10. The van der Waals surface area contributed by atoms with E-state index in [4.69, 9.17) is 4.74 Å². The van der Waals surface area contributed by atoms with Crippen LogP contribution in [0.25, 0.3) is 0 Å². The standard InChI is InChI=1S/C20H32N2O2/c1-16-7-10-21(11-8-16)14-18(23)15-22-12-9-17(13-22)19-5-3-4-6-20(19)24-2/h3-6,16-18,23H,7-15H2,1-2H3. The molecule has 0 radical (unpaired) electrons. The minimum absolute atomic E-state index is 0.241. The van der Waals surface area contributed by atoms with E-state index in [9.17, 15) is 5.11 Å². The van der Waals surface area contributed by atoms with Gasteiger partial charge in [-0.2, -0.15) is 0 Å². The van der Waals surface area contributed by atoms with E-state index in [0.717, 1.165) is 57.4 Å². The highest BCUT2D eigenvalue weighted by Crippen LogP contribution is 2.33. The lowest BCUT2D eigenvalue weighted by molar-refractivity contribution is 0.0671. The van der Waals surface area contributed by atoms with Crippen molar-refractivity contribution in [2.75, 3.05) is 46.4 Å². The predicted molar refractivity (Wildman–Crippen MR) is 97.6 cm³/mol. The lowest BCUT2D eigenvalue weighted by Gasteiger charge is -2.32. The molecule has 134 valence electrons. The Bertz CT molecular complexity index is 514. The molecule has 1 aromatic carbocycles. The van der Waals surface area contributed by atoms with E-state index in [2.05, 4.69) is 28.9 Å². The Morgan fingerprint density at radius 3 is 2.50 bits per heavy atom. The van der Waals surface area contributed by atoms with Crippen LogP contribution in [-0.4, -0.2) is 67.4 Å². The van der Waals surface area contributed by atoms with Gasteiger partial charge < -0.3 is 19.6 Å². The number of nitrogens with zero attached hydrogens (tertiary/aromatic N) is 2. The quantitative estimate of drug-likeness (QED) is 0.869. The van der Waals surface area contributed by atoms with Gasteiger partial charge in [0.2, 0.25) is 0 Å². The van der Waals surface area contributed by atoms with Crippen molar-refractivity contribution in [2.24, 2.45) is 5.92 Å². The smallest absolute Gasteiger partial charge is 0.122 e. The van der Waals surface area contributed by atoms with Crippen LogP contribution in [0.3, 0.4) is 0 Å². The number of likely N-dealkylation sites (tertiary alicyclic amines) is 2. The number of β-amino-alcohol motifs (C(OH)–C–C–N with tert-alkyl or cyclic N) is 1. The van der Waals surface area contributed by atoms with Gasteiger partial charge in [-0.15, -0.1) is 0 Å². The maximum atomic E-state index is 10.5. The van der Waals surface area contributed by atoms with Crippen LogP contribution in [-0.2, 0) is 0 Å². The molecule has 4 heteroatoms. The molecule has 2 aliphatic heterocycles. The second kappa shape index (κ2) is 8.32. The molecule has 2 fully saturated rings. The fraction of sp³-hybridized carbons (Fsp3) is 0.700. The topological polar surface area (TPSA) is 35.9 Å². The average molecular weight is 332 g/mol. The Balaban J connectivity index is 1.47. The summed E-state index contributed by atoms with van der Waals surface area (Å²) >= 11 is 0. The van der Waals surface area contributed by atoms with E-state index in [-0.39, 0.29) is 6.10 Å². The molecule has 0 spiro atoms. The average Bonchev–Trinajstić information content (AvgIpc) is 3.05. The van der Waals surface area contributed by atoms with E-state index < -0.39 is 0 Å². The van der Waals surface area contributed by atoms with Crippen LogP contribution in [0, 0.1) is 5.92 Å². The van der Waals surface area contributed by atoms with Crippen LogP contribution in [0.4, 0.5) is 0 Å². The first kappa shape index (κ1) is 17.7. The Morgan fingerprint density at radius 2 is 1.75 bits per heavy atom. The van der Waals surface area contributed by atoms with Gasteiger partial charge in [0.1, 0.15) is 5.75 Å². The first-order chi connectivity index (χ1) is 11.7. The molecule has 4 nitrogen and oxygen atoms in total. The van der Waals surface area contributed by atoms with E-state index in [1.807, 2.05) is 12.1 Å². The summed E-state index contributed by atoms with van der Waals surface area (Å²) in [5.41, 5.74) is 1.31. The number of benzene rings is 1. The summed E-state index contributed by atoms with van der Waals surface area (Å²) < 4.78 is 5.51. The monoisotopic (exact) mass is 332 g/mol. The molecular formula is C20H32N2O2. The number of hydrogen-bond donors (Lipinski definition) is 1. The molecule has 3 rings (SSSR count). The van der Waals surface area contributed by atoms with Gasteiger partial charge in [0.15, 0.2) is 0 Å². The van der Waals surface area contributed by atoms with Gasteiger partial charge in [-0.1, -0.05) is 25.1 Å². The molecule has 2 heterocycles. The van der Waals surface area contributed by atoms with Crippen molar-refractivity contribution in [1.29, 1.82) is 0 Å². The third-order valence-electron chi connectivity index (χ3n) is 5.67. The van der Waals surface area contributed by atoms with Gasteiger partial charge >= 0.3 is 0 Å². The summed E-state index contributed by atoms with van der Waals surface area (Å²) in [7, 11) is 1.74. The molecule has 2 atom stereocenters. The Kier molecular flexibility index (Phi) is 6.14. The normalized spacial score (nSPS) is 25.0. The fourth-order valence-corrected chi connectivity index (χ4v) is 4.15. The molecule has 0 amide bonds. The minimum atomic E-state index is -0.241. The molecule has 1 N–H and O–H groups in total. The Labute approximate surface area is 146 Å². The van der Waals surface area contributed by atoms with Gasteiger partial charge in [-0.05, 0) is 56.4 Å². The number of aliphatic hydroxyl groups is 1. The number of methoxy groups -OCH3 is 1. The molecule has 24 heavy (non-hydrogen) atoms. The van der Waals surface area contributed by atoms with Crippen molar-refractivity contribution in [3.63, 3.8) is 0 Å². The van der Waals surface area contributed by atoms with Gasteiger partial charge in [0, 0.05) is 25.6 Å². The van der Waals surface area contributed by atoms with E-state index >= 15 is 0 Å². The summed E-state index contributed by atoms with van der Waals surface area (Å²) in [4.78, 5) is 4.84. The summed E-state index contributed by atoms with van der Waals surface area (Å²) in [5, 5.41) is 10.5. The summed E-state index contributed by atoms with van der Waals surface area (Å²) in [6, 6.07) is 8.34. The highest BCUT2D eigenvalue weighted by Gasteiger charge is 2.28. The van der Waals surface area contributed by atoms with Crippen LogP contribution < -0.4 is 4.74 Å². The molecule has 0 saturated carbocycles. The Morgan fingerprint density at radius 1 is 1.08 bits per heavy atom. The zero-order valence-electron chi connectivity index (χ0n) is 15.2. The molecule has 0 bridgehead atoms. The first-order valence-corrected chi connectivity index (χ1v) is 9.41. The van der Waals surface area contributed by atoms with Crippen LogP contribution in [0.1, 0.15) is 37.7 Å². The molecule has 0 aromatic heterocycles. The van der Waals surface area contributed by atoms with E-state index in [1.165, 1.54) is 18.4 Å². The second-order valence-electron chi connectivity index (χ2n) is 7.62. The molecule has 0 aliphatic carbocycles. The summed E-state index contributed by atoms with van der Waals surface area (Å²) in [6.07, 6.45) is 3.45. The molecule has 2 unspecified atom stereocenters. The van der Waals surface area contributed by atoms with Crippen LogP contribution in [0.5, 0.6) is 5.75 Å². The van der Waals surface area contributed by atoms with Crippen molar-refractivity contribution in [3.8, 4) is 5.75 Å². The van der Waals surface area contributed by atoms with Crippen LogP contribution in [0.15, 0.2) is 24.3 Å². The van der Waals surface area contributed by atoms with Crippen molar-refractivity contribution in [1.82, 2.24) is 9.80 Å². The molecule has 2 aliphatic rings. The SMILES string of the molecule is COc1ccccc1C1CCN(CC(O)CN2CCC(C)CC2)C1. The largest absolute Gasteiger partial charge is 0.496 e. The lowest BCUT2D eigenvalue weighted by Crippen LogP contribution is -2.42. The highest BCUT2D eigenvalue weighted by molar-refractivity contribution is 5.37. The number of rotatable bonds is 6. The number of piperidine rings is 1. The van der Waals surface area contributed by atoms with Crippen molar-refractivity contribution in [2.45, 2.75) is 38.2 Å². The van der Waals surface area contributed by atoms with E-state index in [0.29, 0.717) is 5.92 Å². The van der Waals surface area contributed by atoms with Crippen LogP contribution in [0.2, 0.25) is 0 Å². The maximum Gasteiger partial charge on any atom is 0.122 e. The summed E-state index contributed by atoms with van der Waals surface area (Å²) in [5.74, 6) is 2.36. The first-order valence-electron chi connectivity index (χ1n) is 9.41. The number of para-hydroxylation sites is 1. The number of ether oxygens (including phenoxy) is 1. The number of aliphatic hydroxyl groups excluding tert-OH is 1. The number of hydrogen-bond acceptors (Lipinski definition) is 4. The van der Waals surface area contributed by atoms with Crippen LogP contribution >= 0.6 is 0 Å². The zero-order chi connectivity index (χ0) is 16.9. The molecular weight excluding hydrogens is 300 g/mol. The lowest BCUT2D eigenvalue weighted by atomic mass is 9.97. The van der Waals surface area contributed by atoms with Crippen molar-refractivity contribution >= 4 is 0 Å². The van der Waals surface area contributed by atoms with Crippen molar-refractivity contribution < 1.29 is 9.84 Å².